The van der Waals surface area contributed by atoms with Crippen LogP contribution in [0.3, 0.4) is 0 Å². The van der Waals surface area contributed by atoms with Crippen LogP contribution in [-0.4, -0.2) is 38.7 Å². The van der Waals surface area contributed by atoms with Crippen molar-refractivity contribution in [2.45, 2.75) is 12.8 Å². The van der Waals surface area contributed by atoms with Crippen molar-refractivity contribution in [1.29, 1.82) is 0 Å². The monoisotopic (exact) mass is 263 g/mol. The first kappa shape index (κ1) is 13.5. The third-order valence-electron chi connectivity index (χ3n) is 3.25. The second kappa shape index (κ2) is 5.84. The van der Waals surface area contributed by atoms with Gasteiger partial charge in [0.2, 0.25) is 0 Å². The summed E-state index contributed by atoms with van der Waals surface area (Å²) in [4.78, 5) is 24.8. The van der Waals surface area contributed by atoms with Crippen molar-refractivity contribution >= 4 is 17.6 Å². The lowest BCUT2D eigenvalue weighted by molar-refractivity contribution is -0.142. The van der Waals surface area contributed by atoms with Gasteiger partial charge in [-0.2, -0.15) is 0 Å². The molecule has 1 heterocycles. The van der Waals surface area contributed by atoms with E-state index in [-0.39, 0.29) is 24.4 Å². The Morgan fingerprint density at radius 1 is 1.37 bits per heavy atom. The number of ether oxygens (including phenoxy) is 2. The molecule has 5 heteroatoms. The number of rotatable bonds is 3. The van der Waals surface area contributed by atoms with Gasteiger partial charge in [0.25, 0.3) is 5.91 Å². The number of carbonyl (C=O) groups is 2. The van der Waals surface area contributed by atoms with Crippen molar-refractivity contribution in [3.8, 4) is 0 Å². The van der Waals surface area contributed by atoms with Crippen molar-refractivity contribution in [3.05, 3.63) is 29.8 Å². The molecule has 1 atom stereocenters. The van der Waals surface area contributed by atoms with Crippen LogP contribution in [0.15, 0.2) is 24.3 Å². The van der Waals surface area contributed by atoms with Gasteiger partial charge >= 0.3 is 5.97 Å². The molecule has 0 radical (unpaired) electrons. The second-order valence-corrected chi connectivity index (χ2v) is 4.43. The molecule has 5 nitrogen and oxygen atoms in total. The second-order valence-electron chi connectivity index (χ2n) is 4.43. The molecule has 0 N–H and O–H groups in total. The van der Waals surface area contributed by atoms with E-state index in [9.17, 15) is 9.59 Å². The summed E-state index contributed by atoms with van der Waals surface area (Å²) in [6.45, 7) is 3.03. The molecular weight excluding hydrogens is 246 g/mol. The summed E-state index contributed by atoms with van der Waals surface area (Å²) in [7, 11) is 1.37. The Labute approximate surface area is 112 Å². The van der Waals surface area contributed by atoms with Gasteiger partial charge in [-0.05, 0) is 24.6 Å². The smallest absolute Gasteiger partial charge is 0.312 e. The third kappa shape index (κ3) is 2.93. The molecule has 1 aliphatic rings. The van der Waals surface area contributed by atoms with E-state index in [1.54, 1.807) is 11.8 Å². The molecule has 1 aromatic carbocycles. The Hall–Kier alpha value is -1.88. The number of nitrogens with zero attached hydrogens (tertiary/aromatic N) is 1. The van der Waals surface area contributed by atoms with Crippen molar-refractivity contribution < 1.29 is 19.1 Å². The van der Waals surface area contributed by atoms with Gasteiger partial charge in [0, 0.05) is 12.2 Å². The van der Waals surface area contributed by atoms with Crippen LogP contribution in [0.5, 0.6) is 0 Å². The van der Waals surface area contributed by atoms with E-state index in [2.05, 4.69) is 0 Å². The van der Waals surface area contributed by atoms with E-state index in [1.165, 1.54) is 7.11 Å². The zero-order valence-corrected chi connectivity index (χ0v) is 11.1. The van der Waals surface area contributed by atoms with Gasteiger partial charge in [-0.15, -0.1) is 0 Å². The van der Waals surface area contributed by atoms with Crippen LogP contribution in [0.4, 0.5) is 5.69 Å². The van der Waals surface area contributed by atoms with Crippen LogP contribution in [0, 0.1) is 0 Å². The van der Waals surface area contributed by atoms with E-state index < -0.39 is 0 Å². The van der Waals surface area contributed by atoms with Crippen LogP contribution < -0.4 is 4.90 Å². The van der Waals surface area contributed by atoms with Gasteiger partial charge in [0.15, 0.2) is 0 Å². The maximum atomic E-state index is 11.7. The average Bonchev–Trinajstić information content (AvgIpc) is 2.46. The number of methoxy groups -OCH3 is 1. The van der Waals surface area contributed by atoms with E-state index in [0.717, 1.165) is 11.3 Å². The number of anilines is 1. The molecule has 0 aliphatic carbocycles. The normalized spacial score (nSPS) is 17.2. The fraction of sp³-hybridized carbons (Fsp3) is 0.429. The minimum absolute atomic E-state index is 0.0417. The molecule has 1 unspecified atom stereocenters. The number of benzene rings is 1. The van der Waals surface area contributed by atoms with Gasteiger partial charge in [-0.25, -0.2) is 0 Å². The van der Waals surface area contributed by atoms with Crippen molar-refractivity contribution in [2.24, 2.45) is 0 Å². The molecular formula is C14H17NO4. The zero-order chi connectivity index (χ0) is 13.8. The predicted molar refractivity (Wildman–Crippen MR) is 70.0 cm³/mol. The summed E-state index contributed by atoms with van der Waals surface area (Å²) >= 11 is 0. The lowest BCUT2D eigenvalue weighted by Crippen LogP contribution is -2.41. The van der Waals surface area contributed by atoms with Crippen LogP contribution in [0.1, 0.15) is 18.4 Å². The maximum absolute atomic E-state index is 11.7. The van der Waals surface area contributed by atoms with Gasteiger partial charge in [-0.3, -0.25) is 9.59 Å². The summed E-state index contributed by atoms with van der Waals surface area (Å²) in [5, 5.41) is 0. The number of esters is 1. The molecule has 1 aromatic rings. The number of hydrogen-bond donors (Lipinski definition) is 0. The largest absolute Gasteiger partial charge is 0.469 e. The van der Waals surface area contributed by atoms with Crippen LogP contribution in [0.25, 0.3) is 0 Å². The van der Waals surface area contributed by atoms with Gasteiger partial charge in [-0.1, -0.05) is 12.1 Å². The average molecular weight is 263 g/mol. The molecule has 1 amide bonds. The van der Waals surface area contributed by atoms with Crippen molar-refractivity contribution in [2.75, 3.05) is 31.8 Å². The Balaban J connectivity index is 2.14. The summed E-state index contributed by atoms with van der Waals surface area (Å²) in [6, 6.07) is 7.38. The summed E-state index contributed by atoms with van der Waals surface area (Å²) in [5.74, 6) is -0.616. The molecule has 102 valence electrons. The fourth-order valence-electron chi connectivity index (χ4n) is 2.05. The summed E-state index contributed by atoms with van der Waals surface area (Å²) < 4.78 is 9.80. The quantitative estimate of drug-likeness (QED) is 0.772. The standard InChI is InChI=1S/C14H17NO4/c1-10(14(17)18-2)11-3-5-12(6-4-11)15-7-8-19-9-13(15)16/h3-6,10H,7-9H2,1-2H3. The highest BCUT2D eigenvalue weighted by Crippen LogP contribution is 2.22. The number of morpholine rings is 1. The minimum atomic E-state index is -0.306. The summed E-state index contributed by atoms with van der Waals surface area (Å²) in [6.07, 6.45) is 0. The highest BCUT2D eigenvalue weighted by molar-refractivity contribution is 5.94. The van der Waals surface area contributed by atoms with Crippen molar-refractivity contribution in [3.63, 3.8) is 0 Å². The molecule has 0 spiro atoms. The Kier molecular flexibility index (Phi) is 4.16. The molecule has 2 rings (SSSR count). The Morgan fingerprint density at radius 3 is 2.63 bits per heavy atom. The molecule has 1 fully saturated rings. The van der Waals surface area contributed by atoms with E-state index >= 15 is 0 Å². The third-order valence-corrected chi connectivity index (χ3v) is 3.25. The Bertz CT molecular complexity index is 469. The highest BCUT2D eigenvalue weighted by Gasteiger charge is 2.21. The lowest BCUT2D eigenvalue weighted by atomic mass is 10.0. The van der Waals surface area contributed by atoms with E-state index in [4.69, 9.17) is 9.47 Å². The Morgan fingerprint density at radius 2 is 2.05 bits per heavy atom. The minimum Gasteiger partial charge on any atom is -0.469 e. The zero-order valence-electron chi connectivity index (χ0n) is 11.1. The molecule has 1 aliphatic heterocycles. The highest BCUT2D eigenvalue weighted by atomic mass is 16.5. The molecule has 19 heavy (non-hydrogen) atoms. The van der Waals surface area contributed by atoms with Gasteiger partial charge < -0.3 is 14.4 Å². The van der Waals surface area contributed by atoms with Crippen LogP contribution in [-0.2, 0) is 19.1 Å². The molecule has 0 aromatic heterocycles. The van der Waals surface area contributed by atoms with Gasteiger partial charge in [0.1, 0.15) is 6.61 Å². The fourth-order valence-corrected chi connectivity index (χ4v) is 2.05. The lowest BCUT2D eigenvalue weighted by Gasteiger charge is -2.27. The first-order chi connectivity index (χ1) is 9.13. The summed E-state index contributed by atoms with van der Waals surface area (Å²) in [5.41, 5.74) is 1.70. The number of hydrogen-bond acceptors (Lipinski definition) is 4. The first-order valence-electron chi connectivity index (χ1n) is 6.19. The van der Waals surface area contributed by atoms with Crippen molar-refractivity contribution in [1.82, 2.24) is 0 Å². The number of carbonyl (C=O) groups excluding carboxylic acids is 2. The van der Waals surface area contributed by atoms with Gasteiger partial charge in [0.05, 0.1) is 19.6 Å². The topological polar surface area (TPSA) is 55.8 Å². The molecule has 1 saturated heterocycles. The first-order valence-corrected chi connectivity index (χ1v) is 6.19. The predicted octanol–water partition coefficient (Wildman–Crippen LogP) is 1.33. The van der Waals surface area contributed by atoms with E-state index in [0.29, 0.717) is 13.2 Å². The van der Waals surface area contributed by atoms with Crippen LogP contribution >= 0.6 is 0 Å². The number of amides is 1. The molecule has 0 bridgehead atoms. The SMILES string of the molecule is COC(=O)C(C)c1ccc(N2CCOCC2=O)cc1. The van der Waals surface area contributed by atoms with E-state index in [1.807, 2.05) is 24.3 Å². The maximum Gasteiger partial charge on any atom is 0.312 e. The molecule has 0 saturated carbocycles. The van der Waals surface area contributed by atoms with Crippen LogP contribution in [0.2, 0.25) is 0 Å².